The van der Waals surface area contributed by atoms with Crippen LogP contribution in [0.5, 0.6) is 5.75 Å². The number of phenolic OH excluding ortho intramolecular Hbond substituents is 1. The van der Waals surface area contributed by atoms with Crippen LogP contribution in [0.4, 0.5) is 19.1 Å². The normalized spacial score (nSPS) is 11.4. The van der Waals surface area contributed by atoms with Gasteiger partial charge in [-0.15, -0.1) is 0 Å². The molecule has 2 aromatic rings. The SMILES string of the molecule is O=c1cc(C(F)(F)F)nc(NCCc2ccc(O)cc2)[nH]1. The van der Waals surface area contributed by atoms with Crippen molar-refractivity contribution in [3.8, 4) is 5.75 Å². The predicted octanol–water partition coefficient (Wildman–Crippen LogP) is 2.15. The van der Waals surface area contributed by atoms with Gasteiger partial charge in [-0.05, 0) is 24.1 Å². The van der Waals surface area contributed by atoms with Crippen LogP contribution >= 0.6 is 0 Å². The highest BCUT2D eigenvalue weighted by Gasteiger charge is 2.33. The molecule has 112 valence electrons. The van der Waals surface area contributed by atoms with Crippen molar-refractivity contribution < 1.29 is 18.3 Å². The van der Waals surface area contributed by atoms with E-state index in [1.807, 2.05) is 0 Å². The molecule has 0 bridgehead atoms. The van der Waals surface area contributed by atoms with Crippen LogP contribution < -0.4 is 10.9 Å². The molecule has 0 fully saturated rings. The van der Waals surface area contributed by atoms with E-state index in [2.05, 4.69) is 15.3 Å². The fourth-order valence-corrected chi connectivity index (χ4v) is 1.67. The molecule has 1 aromatic heterocycles. The minimum atomic E-state index is -4.67. The molecule has 0 aliphatic rings. The van der Waals surface area contributed by atoms with Crippen LogP contribution in [-0.4, -0.2) is 21.6 Å². The van der Waals surface area contributed by atoms with E-state index in [1.165, 1.54) is 12.1 Å². The van der Waals surface area contributed by atoms with Crippen LogP contribution in [0.15, 0.2) is 35.1 Å². The first kappa shape index (κ1) is 14.9. The molecule has 1 aromatic carbocycles. The van der Waals surface area contributed by atoms with Gasteiger partial charge in [-0.3, -0.25) is 9.78 Å². The molecule has 0 radical (unpaired) electrons. The van der Waals surface area contributed by atoms with Gasteiger partial charge < -0.3 is 10.4 Å². The van der Waals surface area contributed by atoms with E-state index in [1.54, 1.807) is 12.1 Å². The Labute approximate surface area is 117 Å². The highest BCUT2D eigenvalue weighted by molar-refractivity contribution is 5.29. The number of anilines is 1. The number of halogens is 3. The summed E-state index contributed by atoms with van der Waals surface area (Å²) in [6.07, 6.45) is -4.16. The molecule has 2 rings (SSSR count). The van der Waals surface area contributed by atoms with Crippen LogP contribution in [0.25, 0.3) is 0 Å². The molecule has 0 aliphatic carbocycles. The van der Waals surface area contributed by atoms with E-state index in [0.717, 1.165) is 5.56 Å². The van der Waals surface area contributed by atoms with Crippen LogP contribution in [0.3, 0.4) is 0 Å². The average Bonchev–Trinajstić information content (AvgIpc) is 2.39. The quantitative estimate of drug-likeness (QED) is 0.808. The summed E-state index contributed by atoms with van der Waals surface area (Å²) in [7, 11) is 0. The third-order valence-corrected chi connectivity index (χ3v) is 2.67. The number of nitrogens with zero attached hydrogens (tertiary/aromatic N) is 1. The lowest BCUT2D eigenvalue weighted by atomic mass is 10.1. The summed E-state index contributed by atoms with van der Waals surface area (Å²) in [5.41, 5.74) is -1.22. The molecular formula is C13H12F3N3O2. The lowest BCUT2D eigenvalue weighted by Gasteiger charge is -2.09. The molecule has 0 aliphatic heterocycles. The number of aromatic hydroxyl groups is 1. The number of aromatic amines is 1. The molecule has 8 heteroatoms. The Hall–Kier alpha value is -2.51. The van der Waals surface area contributed by atoms with E-state index >= 15 is 0 Å². The first-order valence-corrected chi connectivity index (χ1v) is 6.05. The van der Waals surface area contributed by atoms with E-state index in [0.29, 0.717) is 12.5 Å². The summed E-state index contributed by atoms with van der Waals surface area (Å²) in [5, 5.41) is 11.8. The zero-order chi connectivity index (χ0) is 15.5. The lowest BCUT2D eigenvalue weighted by molar-refractivity contribution is -0.141. The number of nitrogens with one attached hydrogen (secondary N) is 2. The van der Waals surface area contributed by atoms with Gasteiger partial charge in [-0.1, -0.05) is 12.1 Å². The standard InChI is InChI=1S/C13H12F3N3O2/c14-13(15,16)10-7-11(21)19-12(18-10)17-6-5-8-1-3-9(20)4-2-8/h1-4,7,20H,5-6H2,(H2,17,18,19,21). The number of rotatable bonds is 4. The molecule has 0 amide bonds. The Morgan fingerprint density at radius 2 is 1.90 bits per heavy atom. The van der Waals surface area contributed by atoms with Gasteiger partial charge in [0, 0.05) is 12.6 Å². The highest BCUT2D eigenvalue weighted by Crippen LogP contribution is 2.26. The Balaban J connectivity index is 2.02. The van der Waals surface area contributed by atoms with Gasteiger partial charge in [0.05, 0.1) is 0 Å². The third kappa shape index (κ3) is 4.23. The first-order valence-electron chi connectivity index (χ1n) is 6.05. The zero-order valence-corrected chi connectivity index (χ0v) is 10.7. The molecule has 0 spiro atoms. The van der Waals surface area contributed by atoms with Crippen molar-refractivity contribution in [1.82, 2.24) is 9.97 Å². The molecule has 0 atom stereocenters. The van der Waals surface area contributed by atoms with Gasteiger partial charge in [0.2, 0.25) is 5.95 Å². The Bertz CT molecular complexity index is 666. The monoisotopic (exact) mass is 299 g/mol. The van der Waals surface area contributed by atoms with Crippen LogP contribution in [0.1, 0.15) is 11.3 Å². The van der Waals surface area contributed by atoms with Gasteiger partial charge in [-0.25, -0.2) is 4.98 Å². The van der Waals surface area contributed by atoms with Crippen LogP contribution in [-0.2, 0) is 12.6 Å². The largest absolute Gasteiger partial charge is 0.508 e. The number of benzene rings is 1. The Kier molecular flexibility index (Phi) is 4.15. The number of hydrogen-bond acceptors (Lipinski definition) is 4. The number of phenols is 1. The summed E-state index contributed by atoms with van der Waals surface area (Å²) >= 11 is 0. The topological polar surface area (TPSA) is 78.0 Å². The van der Waals surface area contributed by atoms with Gasteiger partial charge in [0.1, 0.15) is 5.75 Å². The molecular weight excluding hydrogens is 287 g/mol. The van der Waals surface area contributed by atoms with Gasteiger partial charge >= 0.3 is 6.18 Å². The van der Waals surface area contributed by atoms with Gasteiger partial charge in [0.25, 0.3) is 5.56 Å². The molecule has 0 unspecified atom stereocenters. The lowest BCUT2D eigenvalue weighted by Crippen LogP contribution is -2.19. The second-order valence-electron chi connectivity index (χ2n) is 4.32. The number of hydrogen-bond donors (Lipinski definition) is 3. The highest BCUT2D eigenvalue weighted by atomic mass is 19.4. The van der Waals surface area contributed by atoms with Crippen LogP contribution in [0.2, 0.25) is 0 Å². The fourth-order valence-electron chi connectivity index (χ4n) is 1.67. The maximum Gasteiger partial charge on any atom is 0.433 e. The van der Waals surface area contributed by atoms with Crippen LogP contribution in [0, 0.1) is 0 Å². The number of H-pyrrole nitrogens is 1. The fraction of sp³-hybridized carbons (Fsp3) is 0.231. The second-order valence-corrected chi connectivity index (χ2v) is 4.32. The van der Waals surface area contributed by atoms with Crippen molar-refractivity contribution in [3.05, 3.63) is 51.9 Å². The van der Waals surface area contributed by atoms with Crippen molar-refractivity contribution in [2.24, 2.45) is 0 Å². The first-order chi connectivity index (χ1) is 9.84. The Morgan fingerprint density at radius 1 is 1.24 bits per heavy atom. The molecule has 3 N–H and O–H groups in total. The van der Waals surface area contributed by atoms with E-state index in [9.17, 15) is 18.0 Å². The summed E-state index contributed by atoms with van der Waals surface area (Å²) in [6.45, 7) is 0.287. The summed E-state index contributed by atoms with van der Waals surface area (Å²) in [5.74, 6) is -0.0933. The van der Waals surface area contributed by atoms with E-state index in [-0.39, 0.29) is 18.2 Å². The maximum absolute atomic E-state index is 12.5. The average molecular weight is 299 g/mol. The third-order valence-electron chi connectivity index (χ3n) is 2.67. The summed E-state index contributed by atoms with van der Waals surface area (Å²) < 4.78 is 37.5. The van der Waals surface area contributed by atoms with Crippen molar-refractivity contribution in [1.29, 1.82) is 0 Å². The smallest absolute Gasteiger partial charge is 0.433 e. The van der Waals surface area contributed by atoms with Crippen molar-refractivity contribution in [2.45, 2.75) is 12.6 Å². The molecule has 0 saturated heterocycles. The molecule has 5 nitrogen and oxygen atoms in total. The second kappa shape index (κ2) is 5.86. The summed E-state index contributed by atoms with van der Waals surface area (Å²) in [4.78, 5) is 16.7. The van der Waals surface area contributed by atoms with Gasteiger partial charge in [-0.2, -0.15) is 13.2 Å². The van der Waals surface area contributed by atoms with Crippen molar-refractivity contribution in [2.75, 3.05) is 11.9 Å². The minimum absolute atomic E-state index is 0.135. The molecule has 0 saturated carbocycles. The van der Waals surface area contributed by atoms with E-state index in [4.69, 9.17) is 5.11 Å². The molecule has 21 heavy (non-hydrogen) atoms. The number of alkyl halides is 3. The number of aromatic nitrogens is 2. The summed E-state index contributed by atoms with van der Waals surface area (Å²) in [6, 6.07) is 6.82. The zero-order valence-electron chi connectivity index (χ0n) is 10.7. The van der Waals surface area contributed by atoms with Gasteiger partial charge in [0.15, 0.2) is 5.69 Å². The van der Waals surface area contributed by atoms with E-state index < -0.39 is 17.4 Å². The predicted molar refractivity (Wildman–Crippen MR) is 70.2 cm³/mol. The van der Waals surface area contributed by atoms with Crippen molar-refractivity contribution >= 4 is 5.95 Å². The van der Waals surface area contributed by atoms with Crippen molar-refractivity contribution in [3.63, 3.8) is 0 Å². The Morgan fingerprint density at radius 3 is 2.52 bits per heavy atom. The molecule has 1 heterocycles. The maximum atomic E-state index is 12.5. The minimum Gasteiger partial charge on any atom is -0.508 e.